The van der Waals surface area contributed by atoms with Crippen molar-refractivity contribution in [2.24, 2.45) is 0 Å². The highest BCUT2D eigenvalue weighted by Gasteiger charge is 2.28. The van der Waals surface area contributed by atoms with Crippen molar-refractivity contribution in [2.45, 2.75) is 6.18 Å². The number of hydrogen-bond donors (Lipinski definition) is 1. The predicted octanol–water partition coefficient (Wildman–Crippen LogP) is 3.55. The Morgan fingerprint density at radius 3 is 2.53 bits per heavy atom. The quantitative estimate of drug-likeness (QED) is 0.409. The maximum absolute atomic E-state index is 14.1. The van der Waals surface area contributed by atoms with Crippen molar-refractivity contribution >= 4 is 17.6 Å². The van der Waals surface area contributed by atoms with Crippen molar-refractivity contribution in [3.63, 3.8) is 0 Å². The zero-order chi connectivity index (χ0) is 24.5. The van der Waals surface area contributed by atoms with E-state index in [0.717, 1.165) is 23.1 Å². The van der Waals surface area contributed by atoms with Crippen LogP contribution in [-0.4, -0.2) is 49.9 Å². The van der Waals surface area contributed by atoms with E-state index >= 15 is 0 Å². The summed E-state index contributed by atoms with van der Waals surface area (Å²) in [4.78, 5) is 21.0. The van der Waals surface area contributed by atoms with Gasteiger partial charge in [-0.05, 0) is 18.2 Å². The van der Waals surface area contributed by atoms with Gasteiger partial charge >= 0.3 is 6.18 Å². The van der Waals surface area contributed by atoms with Crippen LogP contribution in [-0.2, 0) is 0 Å². The van der Waals surface area contributed by atoms with Crippen LogP contribution in [0.4, 0.5) is 39.5 Å². The van der Waals surface area contributed by atoms with E-state index in [-0.39, 0.29) is 46.6 Å². The fourth-order valence-corrected chi connectivity index (χ4v) is 2.66. The monoisotopic (exact) mass is 480 g/mol. The summed E-state index contributed by atoms with van der Waals surface area (Å²) in [6.07, 6.45) is -3.32. The third kappa shape index (κ3) is 5.13. The van der Waals surface area contributed by atoms with Crippen molar-refractivity contribution in [3.8, 4) is 29.0 Å². The molecular weight excluding hydrogens is 467 g/mol. The first kappa shape index (κ1) is 22.8. The summed E-state index contributed by atoms with van der Waals surface area (Å²) < 4.78 is 74.1. The van der Waals surface area contributed by atoms with E-state index in [2.05, 4.69) is 34.8 Å². The van der Waals surface area contributed by atoms with Gasteiger partial charge in [0.05, 0.1) is 11.3 Å². The summed E-state index contributed by atoms with van der Waals surface area (Å²) in [5.41, 5.74) is 5.86. The lowest BCUT2D eigenvalue weighted by Crippen LogP contribution is -2.19. The Hall–Kier alpha value is -4.43. The van der Waals surface area contributed by atoms with Gasteiger partial charge in [0, 0.05) is 25.4 Å². The molecule has 0 bridgehead atoms. The molecule has 0 atom stereocenters. The number of alkyl halides is 3. The number of nitrogens with two attached hydrogens (primary N) is 1. The number of pyridine rings is 1. The highest BCUT2D eigenvalue weighted by atomic mass is 19.4. The molecular formula is C19H13F5N8O2. The highest BCUT2D eigenvalue weighted by molar-refractivity contribution is 5.61. The van der Waals surface area contributed by atoms with Crippen molar-refractivity contribution in [2.75, 3.05) is 24.3 Å². The topological polar surface area (TPSA) is 129 Å². The predicted molar refractivity (Wildman–Crippen MR) is 107 cm³/mol. The summed E-state index contributed by atoms with van der Waals surface area (Å²) >= 11 is 0. The Morgan fingerprint density at radius 1 is 1.03 bits per heavy atom. The van der Waals surface area contributed by atoms with Crippen molar-refractivity contribution in [1.29, 1.82) is 0 Å². The Labute approximate surface area is 187 Å². The number of ether oxygens (including phenoxy) is 1. The molecule has 0 unspecified atom stereocenters. The Bertz CT molecular complexity index is 1310. The molecule has 0 fully saturated rings. The molecule has 2 N–H and O–H groups in total. The molecule has 0 aliphatic rings. The summed E-state index contributed by atoms with van der Waals surface area (Å²) in [5.74, 6) is -2.29. The van der Waals surface area contributed by atoms with E-state index in [0.29, 0.717) is 0 Å². The van der Waals surface area contributed by atoms with E-state index in [1.165, 1.54) is 25.4 Å². The molecule has 3 heterocycles. The molecule has 1 aromatic carbocycles. The van der Waals surface area contributed by atoms with Crippen molar-refractivity contribution in [1.82, 2.24) is 30.1 Å². The van der Waals surface area contributed by atoms with E-state index in [1.54, 1.807) is 0 Å². The van der Waals surface area contributed by atoms with Crippen LogP contribution in [0.15, 0.2) is 41.1 Å². The third-order valence-corrected chi connectivity index (χ3v) is 4.20. The zero-order valence-electron chi connectivity index (χ0n) is 17.1. The van der Waals surface area contributed by atoms with Crippen molar-refractivity contribution < 1.29 is 31.2 Å². The highest BCUT2D eigenvalue weighted by Crippen LogP contribution is 2.27. The fraction of sp³-hybridized carbons (Fsp3) is 0.158. The van der Waals surface area contributed by atoms with Gasteiger partial charge in [-0.25, -0.2) is 13.8 Å². The van der Waals surface area contributed by atoms with E-state index in [4.69, 9.17) is 10.3 Å². The summed E-state index contributed by atoms with van der Waals surface area (Å²) in [5, 5.41) is 3.75. The molecule has 176 valence electrons. The molecule has 0 radical (unpaired) electrons. The number of benzene rings is 1. The lowest BCUT2D eigenvalue weighted by atomic mass is 10.3. The standard InChI is InChI=1S/C19H13F5N8O2/c1-32(12-6-10(20)3-4-11(12)21)18-29-14(28-17(25)30-18)15-27-16(34-31-15)9-2-5-13(26-7-9)33-8-19(22,23)24/h2-7H,8H2,1H3,(H2,25,28,29,30). The third-order valence-electron chi connectivity index (χ3n) is 4.20. The minimum atomic E-state index is -4.50. The van der Waals surface area contributed by atoms with Gasteiger partial charge in [0.15, 0.2) is 6.61 Å². The van der Waals surface area contributed by atoms with Gasteiger partial charge < -0.3 is 19.9 Å². The first-order chi connectivity index (χ1) is 16.1. The van der Waals surface area contributed by atoms with E-state index in [1.807, 2.05) is 0 Å². The normalized spacial score (nSPS) is 11.5. The largest absolute Gasteiger partial charge is 0.468 e. The van der Waals surface area contributed by atoms with Crippen LogP contribution in [0.25, 0.3) is 23.1 Å². The van der Waals surface area contributed by atoms with Gasteiger partial charge in [-0.3, -0.25) is 0 Å². The van der Waals surface area contributed by atoms with Crippen LogP contribution in [0.3, 0.4) is 0 Å². The first-order valence-corrected chi connectivity index (χ1v) is 9.29. The lowest BCUT2D eigenvalue weighted by molar-refractivity contribution is -0.154. The number of halogens is 5. The second-order valence-corrected chi connectivity index (χ2v) is 6.68. The van der Waals surface area contributed by atoms with Gasteiger partial charge in [-0.15, -0.1) is 0 Å². The minimum Gasteiger partial charge on any atom is -0.468 e. The molecule has 0 aliphatic carbocycles. The van der Waals surface area contributed by atoms with Gasteiger partial charge in [-0.2, -0.15) is 33.1 Å². The van der Waals surface area contributed by atoms with E-state index in [9.17, 15) is 22.0 Å². The molecule has 0 saturated heterocycles. The maximum Gasteiger partial charge on any atom is 0.422 e. The van der Waals surface area contributed by atoms with Gasteiger partial charge in [-0.1, -0.05) is 5.16 Å². The molecule has 4 rings (SSSR count). The second kappa shape index (κ2) is 8.84. The Kier molecular flexibility index (Phi) is 5.91. The number of rotatable bonds is 6. The average molecular weight is 480 g/mol. The van der Waals surface area contributed by atoms with Crippen LogP contribution in [0.2, 0.25) is 0 Å². The van der Waals surface area contributed by atoms with Crippen molar-refractivity contribution in [3.05, 3.63) is 48.2 Å². The molecule has 15 heteroatoms. The fourth-order valence-electron chi connectivity index (χ4n) is 2.66. The molecule has 0 aliphatic heterocycles. The number of anilines is 3. The molecule has 4 aromatic rings. The number of aromatic nitrogens is 6. The van der Waals surface area contributed by atoms with Gasteiger partial charge in [0.2, 0.25) is 29.4 Å². The Balaban J connectivity index is 1.58. The Morgan fingerprint density at radius 2 is 1.82 bits per heavy atom. The molecule has 0 spiro atoms. The van der Waals surface area contributed by atoms with E-state index < -0.39 is 24.4 Å². The second-order valence-electron chi connectivity index (χ2n) is 6.68. The zero-order valence-corrected chi connectivity index (χ0v) is 17.1. The van der Waals surface area contributed by atoms with Gasteiger partial charge in [0.1, 0.15) is 11.6 Å². The number of nitrogens with zero attached hydrogens (tertiary/aromatic N) is 7. The summed E-state index contributed by atoms with van der Waals surface area (Å²) in [6, 6.07) is 5.43. The van der Waals surface area contributed by atoms with Gasteiger partial charge in [0.25, 0.3) is 5.89 Å². The van der Waals surface area contributed by atoms with Crippen LogP contribution >= 0.6 is 0 Å². The molecule has 3 aromatic heterocycles. The summed E-state index contributed by atoms with van der Waals surface area (Å²) in [7, 11) is 1.39. The van der Waals surface area contributed by atoms with Crippen LogP contribution in [0.5, 0.6) is 5.88 Å². The van der Waals surface area contributed by atoms with Crippen LogP contribution < -0.4 is 15.4 Å². The SMILES string of the molecule is CN(c1nc(N)nc(-c2noc(-c3ccc(OCC(F)(F)F)nc3)n2)n1)c1cc(F)ccc1F. The lowest BCUT2D eigenvalue weighted by Gasteiger charge is -2.18. The smallest absolute Gasteiger partial charge is 0.422 e. The summed E-state index contributed by atoms with van der Waals surface area (Å²) in [6.45, 7) is -1.48. The number of nitrogen functional groups attached to an aromatic ring is 1. The first-order valence-electron chi connectivity index (χ1n) is 9.29. The van der Waals surface area contributed by atoms with Crippen LogP contribution in [0.1, 0.15) is 0 Å². The molecule has 0 saturated carbocycles. The molecule has 0 amide bonds. The molecule has 10 nitrogen and oxygen atoms in total. The van der Waals surface area contributed by atoms with Crippen LogP contribution in [0, 0.1) is 11.6 Å². The number of hydrogen-bond acceptors (Lipinski definition) is 10. The maximum atomic E-state index is 14.1. The average Bonchev–Trinajstić information content (AvgIpc) is 3.29. The molecule has 34 heavy (non-hydrogen) atoms. The minimum absolute atomic E-state index is 0.0464.